The zero-order valence-electron chi connectivity index (χ0n) is 24.6. The zero-order chi connectivity index (χ0) is 30.4. The van der Waals surface area contributed by atoms with Crippen LogP contribution in [0.1, 0.15) is 96.9 Å². The van der Waals surface area contributed by atoms with Crippen LogP contribution < -0.4 is 16.0 Å². The lowest BCUT2D eigenvalue weighted by molar-refractivity contribution is -0.163. The molecule has 3 N–H and O–H groups in total. The predicted molar refractivity (Wildman–Crippen MR) is 144 cm³/mol. The van der Waals surface area contributed by atoms with Crippen molar-refractivity contribution in [3.63, 3.8) is 0 Å². The van der Waals surface area contributed by atoms with Crippen LogP contribution in [0.25, 0.3) is 0 Å². The molecule has 0 aromatic heterocycles. The van der Waals surface area contributed by atoms with Crippen LogP contribution in [0, 0.1) is 0 Å². The molecule has 1 aromatic rings. The molecule has 39 heavy (non-hydrogen) atoms. The van der Waals surface area contributed by atoms with E-state index in [9.17, 15) is 28.8 Å². The number of nitrogens with zero attached hydrogens (tertiary/aromatic N) is 1. The Balaban J connectivity index is 2.14. The Hall–Kier alpha value is -3.76. The van der Waals surface area contributed by atoms with Gasteiger partial charge in [-0.1, -0.05) is 12.1 Å². The summed E-state index contributed by atoms with van der Waals surface area (Å²) in [6, 6.07) is 6.28. The molecule has 2 rings (SSSR count). The first kappa shape index (κ1) is 31.5. The summed E-state index contributed by atoms with van der Waals surface area (Å²) in [6.45, 7) is 16.7. The van der Waals surface area contributed by atoms with Gasteiger partial charge < -0.3 is 20.7 Å². The van der Waals surface area contributed by atoms with Crippen molar-refractivity contribution in [2.75, 3.05) is 0 Å². The van der Waals surface area contributed by atoms with Gasteiger partial charge in [-0.15, -0.1) is 0 Å². The van der Waals surface area contributed by atoms with Gasteiger partial charge in [0.25, 0.3) is 11.8 Å². The minimum atomic E-state index is -1.63. The molecule has 0 spiro atoms. The second-order valence-electron chi connectivity index (χ2n) is 12.8. The van der Waals surface area contributed by atoms with E-state index >= 15 is 0 Å². The second kappa shape index (κ2) is 10.1. The van der Waals surface area contributed by atoms with E-state index in [1.807, 2.05) is 0 Å². The Labute approximate surface area is 229 Å². The molecule has 0 bridgehead atoms. The third-order valence-corrected chi connectivity index (χ3v) is 6.23. The highest BCUT2D eigenvalue weighted by Gasteiger charge is 2.49. The van der Waals surface area contributed by atoms with Gasteiger partial charge in [0, 0.05) is 0 Å². The van der Waals surface area contributed by atoms with Gasteiger partial charge in [0.15, 0.2) is 0 Å². The lowest BCUT2D eigenvalue weighted by Crippen LogP contribution is -2.67. The summed E-state index contributed by atoms with van der Waals surface area (Å²) in [4.78, 5) is 78.9. The average Bonchev–Trinajstić information content (AvgIpc) is 3.02. The minimum Gasteiger partial charge on any atom is -0.458 e. The molecule has 0 fully saturated rings. The molecule has 11 heteroatoms. The highest BCUT2D eigenvalue weighted by molar-refractivity contribution is 6.23. The molecule has 5 amide bonds. The second-order valence-corrected chi connectivity index (χ2v) is 12.8. The van der Waals surface area contributed by atoms with Gasteiger partial charge in [-0.25, -0.2) is 4.79 Å². The van der Waals surface area contributed by atoms with E-state index in [2.05, 4.69) is 16.0 Å². The summed E-state index contributed by atoms with van der Waals surface area (Å²) in [5, 5.41) is 7.79. The van der Waals surface area contributed by atoms with Crippen molar-refractivity contribution in [1.29, 1.82) is 0 Å². The number of carbonyl (C=O) groups excluding carboxylic acids is 6. The average molecular weight is 545 g/mol. The molecular formula is C28H40N4O7. The number of esters is 1. The van der Waals surface area contributed by atoms with E-state index in [-0.39, 0.29) is 11.1 Å². The lowest BCUT2D eigenvalue weighted by atomic mass is 9.95. The number of hydrogen-bond acceptors (Lipinski definition) is 7. The van der Waals surface area contributed by atoms with Crippen molar-refractivity contribution in [1.82, 2.24) is 20.9 Å². The smallest absolute Gasteiger partial charge is 0.331 e. The van der Waals surface area contributed by atoms with E-state index in [0.717, 1.165) is 4.90 Å². The molecule has 0 saturated carbocycles. The fraction of sp³-hybridized carbons (Fsp3) is 0.571. The van der Waals surface area contributed by atoms with Crippen molar-refractivity contribution in [3.8, 4) is 0 Å². The minimum absolute atomic E-state index is 0.197. The first-order valence-corrected chi connectivity index (χ1v) is 12.6. The van der Waals surface area contributed by atoms with Crippen LogP contribution in [0.5, 0.6) is 0 Å². The van der Waals surface area contributed by atoms with Crippen LogP contribution in [-0.2, 0) is 23.9 Å². The van der Waals surface area contributed by atoms with Gasteiger partial charge in [0.05, 0.1) is 11.1 Å². The maximum absolute atomic E-state index is 13.3. The summed E-state index contributed by atoms with van der Waals surface area (Å²) >= 11 is 0. The highest BCUT2D eigenvalue weighted by atomic mass is 16.6. The quantitative estimate of drug-likeness (QED) is 0.335. The standard InChI is InChI=1S/C28H40N4O7/c1-24(2,3)39-23(38)27(8,9)30-21(36)25(4,5)29-20(35)26(6,7)31-22(37)28(10,11)32-18(33)16-14-12-13-15-17(16)19(32)34/h12-15H,1-11H3,(H,29,35)(H,30,36)(H,31,37). The number of benzene rings is 1. The summed E-state index contributed by atoms with van der Waals surface area (Å²) in [7, 11) is 0. The van der Waals surface area contributed by atoms with Crippen molar-refractivity contribution in [3.05, 3.63) is 35.4 Å². The van der Waals surface area contributed by atoms with Crippen LogP contribution >= 0.6 is 0 Å². The normalized spacial score (nSPS) is 14.5. The van der Waals surface area contributed by atoms with Crippen LogP contribution in [0.2, 0.25) is 0 Å². The molecular weight excluding hydrogens is 504 g/mol. The lowest BCUT2D eigenvalue weighted by Gasteiger charge is -2.37. The van der Waals surface area contributed by atoms with E-state index in [4.69, 9.17) is 4.74 Å². The van der Waals surface area contributed by atoms with Crippen LogP contribution in [-0.4, -0.2) is 68.2 Å². The van der Waals surface area contributed by atoms with Crippen molar-refractivity contribution in [2.24, 2.45) is 0 Å². The molecule has 1 aliphatic rings. The van der Waals surface area contributed by atoms with Crippen LogP contribution in [0.15, 0.2) is 24.3 Å². The molecule has 1 heterocycles. The Bertz CT molecular complexity index is 1190. The number of rotatable bonds is 8. The molecule has 0 saturated heterocycles. The van der Waals surface area contributed by atoms with E-state index in [1.165, 1.54) is 67.5 Å². The van der Waals surface area contributed by atoms with Gasteiger partial charge in [-0.2, -0.15) is 0 Å². The molecule has 0 atom stereocenters. The van der Waals surface area contributed by atoms with Crippen LogP contribution in [0.4, 0.5) is 0 Å². The maximum Gasteiger partial charge on any atom is 0.331 e. The molecule has 0 aliphatic carbocycles. The largest absolute Gasteiger partial charge is 0.458 e. The summed E-state index contributed by atoms with van der Waals surface area (Å²) in [5.41, 5.74) is -6.42. The van der Waals surface area contributed by atoms with Crippen molar-refractivity contribution < 1.29 is 33.5 Å². The van der Waals surface area contributed by atoms with E-state index in [1.54, 1.807) is 32.9 Å². The SMILES string of the molecule is CC(C)(C)OC(=O)C(C)(C)NC(=O)C(C)(C)NC(=O)C(C)(C)NC(=O)C(C)(C)N1C(=O)c2ccccc2C1=O. The van der Waals surface area contributed by atoms with Gasteiger partial charge in [-0.3, -0.25) is 28.9 Å². The first-order valence-electron chi connectivity index (χ1n) is 12.6. The van der Waals surface area contributed by atoms with Gasteiger partial charge in [-0.05, 0) is 88.3 Å². The van der Waals surface area contributed by atoms with Gasteiger partial charge >= 0.3 is 5.97 Å². The summed E-state index contributed by atoms with van der Waals surface area (Å²) in [5.74, 6) is -3.96. The van der Waals surface area contributed by atoms with Crippen molar-refractivity contribution >= 4 is 35.5 Å². The first-order chi connectivity index (χ1) is 17.4. The predicted octanol–water partition coefficient (Wildman–Crippen LogP) is 2.09. The molecule has 214 valence electrons. The molecule has 0 radical (unpaired) electrons. The number of imide groups is 1. The van der Waals surface area contributed by atoms with E-state index < -0.39 is 63.3 Å². The Kier molecular flexibility index (Phi) is 8.14. The van der Waals surface area contributed by atoms with Gasteiger partial charge in [0.1, 0.15) is 27.8 Å². The third kappa shape index (κ3) is 6.63. The number of amides is 5. The monoisotopic (exact) mass is 544 g/mol. The third-order valence-electron chi connectivity index (χ3n) is 6.23. The number of nitrogens with one attached hydrogen (secondary N) is 3. The Morgan fingerprint density at radius 3 is 1.36 bits per heavy atom. The zero-order valence-corrected chi connectivity index (χ0v) is 24.6. The van der Waals surface area contributed by atoms with Crippen molar-refractivity contribution in [2.45, 2.75) is 104 Å². The number of ether oxygens (including phenoxy) is 1. The Morgan fingerprint density at radius 2 is 0.974 bits per heavy atom. The van der Waals surface area contributed by atoms with E-state index in [0.29, 0.717) is 0 Å². The number of fused-ring (bicyclic) bond motifs is 1. The Morgan fingerprint density at radius 1 is 0.615 bits per heavy atom. The molecule has 1 aliphatic heterocycles. The van der Waals surface area contributed by atoms with Gasteiger partial charge in [0.2, 0.25) is 17.7 Å². The fourth-order valence-corrected chi connectivity index (χ4v) is 3.69. The summed E-state index contributed by atoms with van der Waals surface area (Å²) in [6.07, 6.45) is 0. The topological polar surface area (TPSA) is 151 Å². The molecule has 11 nitrogen and oxygen atoms in total. The maximum atomic E-state index is 13.3. The van der Waals surface area contributed by atoms with Crippen LogP contribution in [0.3, 0.4) is 0 Å². The number of carbonyl (C=O) groups is 6. The highest BCUT2D eigenvalue weighted by Crippen LogP contribution is 2.30. The molecule has 1 aromatic carbocycles. The fourth-order valence-electron chi connectivity index (χ4n) is 3.69. The summed E-state index contributed by atoms with van der Waals surface area (Å²) < 4.78 is 5.36. The number of hydrogen-bond donors (Lipinski definition) is 3. The molecule has 0 unspecified atom stereocenters.